The molecule has 2 N–H and O–H groups in total. The maximum absolute atomic E-state index is 11.5. The summed E-state index contributed by atoms with van der Waals surface area (Å²) < 4.78 is 0. The predicted molar refractivity (Wildman–Crippen MR) is 52.3 cm³/mol. The van der Waals surface area contributed by atoms with E-state index in [4.69, 9.17) is 5.73 Å². The van der Waals surface area contributed by atoms with Crippen LogP contribution in [-0.4, -0.2) is 55.0 Å². The van der Waals surface area contributed by atoms with E-state index < -0.39 is 0 Å². The molecule has 76 valence electrons. The molecule has 4 heteroatoms. The van der Waals surface area contributed by atoms with Crippen LogP contribution < -0.4 is 5.73 Å². The molecule has 0 bridgehead atoms. The largest absolute Gasteiger partial charge is 0.340 e. The van der Waals surface area contributed by atoms with Crippen molar-refractivity contribution in [1.29, 1.82) is 0 Å². The first-order valence-electron chi connectivity index (χ1n) is 4.84. The van der Waals surface area contributed by atoms with Gasteiger partial charge in [-0.3, -0.25) is 4.79 Å². The lowest BCUT2D eigenvalue weighted by molar-refractivity contribution is -0.132. The van der Waals surface area contributed by atoms with Crippen LogP contribution >= 0.6 is 0 Å². The van der Waals surface area contributed by atoms with Crippen molar-refractivity contribution in [2.45, 2.75) is 19.4 Å². The number of nitrogens with two attached hydrogens (primary N) is 1. The number of rotatable bonds is 1. The smallest absolute Gasteiger partial charge is 0.239 e. The monoisotopic (exact) mass is 185 g/mol. The highest BCUT2D eigenvalue weighted by atomic mass is 16.2. The van der Waals surface area contributed by atoms with E-state index in [0.717, 1.165) is 32.6 Å². The van der Waals surface area contributed by atoms with Crippen molar-refractivity contribution in [2.75, 3.05) is 33.2 Å². The molecule has 0 aromatic carbocycles. The Morgan fingerprint density at radius 2 is 2.00 bits per heavy atom. The van der Waals surface area contributed by atoms with Gasteiger partial charge >= 0.3 is 0 Å². The summed E-state index contributed by atoms with van der Waals surface area (Å²) in [6.07, 6.45) is 1.05. The van der Waals surface area contributed by atoms with Crippen LogP contribution in [0.3, 0.4) is 0 Å². The molecule has 1 rings (SSSR count). The van der Waals surface area contributed by atoms with E-state index in [-0.39, 0.29) is 11.9 Å². The Morgan fingerprint density at radius 1 is 1.31 bits per heavy atom. The third-order valence-corrected chi connectivity index (χ3v) is 2.42. The van der Waals surface area contributed by atoms with Crippen LogP contribution in [0.25, 0.3) is 0 Å². The molecule has 1 aliphatic heterocycles. The van der Waals surface area contributed by atoms with Crippen LogP contribution in [0.15, 0.2) is 0 Å². The molecule has 0 spiro atoms. The van der Waals surface area contributed by atoms with Crippen LogP contribution in [0.1, 0.15) is 13.3 Å². The van der Waals surface area contributed by atoms with Crippen LogP contribution in [0.4, 0.5) is 0 Å². The molecule has 0 aliphatic carbocycles. The molecule has 0 saturated carbocycles. The van der Waals surface area contributed by atoms with E-state index in [0.29, 0.717) is 0 Å². The second-order valence-corrected chi connectivity index (χ2v) is 3.77. The second kappa shape index (κ2) is 4.58. The molecule has 0 unspecified atom stereocenters. The molecule has 1 fully saturated rings. The Morgan fingerprint density at radius 3 is 2.62 bits per heavy atom. The van der Waals surface area contributed by atoms with Crippen LogP contribution in [-0.2, 0) is 4.79 Å². The van der Waals surface area contributed by atoms with Gasteiger partial charge in [-0.15, -0.1) is 0 Å². The highest BCUT2D eigenvalue weighted by Gasteiger charge is 2.19. The topological polar surface area (TPSA) is 49.6 Å². The fraction of sp³-hybridized carbons (Fsp3) is 0.889. The van der Waals surface area contributed by atoms with Gasteiger partial charge in [-0.1, -0.05) is 0 Å². The number of nitrogens with zero attached hydrogens (tertiary/aromatic N) is 2. The van der Waals surface area contributed by atoms with Gasteiger partial charge in [0.2, 0.25) is 5.91 Å². The van der Waals surface area contributed by atoms with Gasteiger partial charge in [0.25, 0.3) is 0 Å². The Balaban J connectivity index is 2.46. The molecular formula is C9H19N3O. The average molecular weight is 185 g/mol. The summed E-state index contributed by atoms with van der Waals surface area (Å²) in [7, 11) is 2.08. The maximum Gasteiger partial charge on any atom is 0.239 e. The molecule has 0 radical (unpaired) electrons. The molecule has 1 amide bonds. The van der Waals surface area contributed by atoms with Gasteiger partial charge in [0.05, 0.1) is 6.04 Å². The first-order chi connectivity index (χ1) is 6.11. The van der Waals surface area contributed by atoms with E-state index in [1.54, 1.807) is 6.92 Å². The number of hydrogen-bond acceptors (Lipinski definition) is 3. The van der Waals surface area contributed by atoms with Crippen LogP contribution in [0, 0.1) is 0 Å². The number of carbonyl (C=O) groups is 1. The Hall–Kier alpha value is -0.610. The summed E-state index contributed by atoms with van der Waals surface area (Å²) >= 11 is 0. The fourth-order valence-corrected chi connectivity index (χ4v) is 1.55. The molecule has 1 atom stereocenters. The summed E-state index contributed by atoms with van der Waals surface area (Å²) in [6.45, 7) is 5.44. The SMILES string of the molecule is C[C@@H](N)C(=O)N1CCCN(C)CC1. The summed E-state index contributed by atoms with van der Waals surface area (Å²) in [4.78, 5) is 15.7. The van der Waals surface area contributed by atoms with Crippen molar-refractivity contribution < 1.29 is 4.79 Å². The Labute approximate surface area is 79.7 Å². The van der Waals surface area contributed by atoms with E-state index in [1.165, 1.54) is 0 Å². The van der Waals surface area contributed by atoms with Gasteiger partial charge in [-0.25, -0.2) is 0 Å². The number of carbonyl (C=O) groups excluding carboxylic acids is 1. The maximum atomic E-state index is 11.5. The van der Waals surface area contributed by atoms with Crippen LogP contribution in [0.5, 0.6) is 0 Å². The highest BCUT2D eigenvalue weighted by Crippen LogP contribution is 2.02. The van der Waals surface area contributed by atoms with Gasteiger partial charge in [-0.2, -0.15) is 0 Å². The third-order valence-electron chi connectivity index (χ3n) is 2.42. The van der Waals surface area contributed by atoms with Gasteiger partial charge in [-0.05, 0) is 26.9 Å². The van der Waals surface area contributed by atoms with E-state index >= 15 is 0 Å². The average Bonchev–Trinajstić information content (AvgIpc) is 2.28. The second-order valence-electron chi connectivity index (χ2n) is 3.77. The number of likely N-dealkylation sites (N-methyl/N-ethyl adjacent to an activating group) is 1. The standard InChI is InChI=1S/C9H19N3O/c1-8(10)9(13)12-5-3-4-11(2)6-7-12/h8H,3-7,10H2,1-2H3/t8-/m1/s1. The lowest BCUT2D eigenvalue weighted by Crippen LogP contribution is -2.43. The summed E-state index contributed by atoms with van der Waals surface area (Å²) in [5, 5.41) is 0. The predicted octanol–water partition coefficient (Wildman–Crippen LogP) is -0.502. The Bertz CT molecular complexity index is 182. The quantitative estimate of drug-likeness (QED) is 0.599. The minimum absolute atomic E-state index is 0.0790. The minimum atomic E-state index is -0.358. The van der Waals surface area contributed by atoms with Crippen LogP contribution in [0.2, 0.25) is 0 Å². The van der Waals surface area contributed by atoms with Gasteiger partial charge in [0.1, 0.15) is 0 Å². The molecule has 0 aromatic rings. The molecule has 1 saturated heterocycles. The zero-order chi connectivity index (χ0) is 9.84. The molecule has 1 heterocycles. The van der Waals surface area contributed by atoms with E-state index in [1.807, 2.05) is 4.90 Å². The van der Waals surface area contributed by atoms with Crippen molar-refractivity contribution in [1.82, 2.24) is 9.80 Å². The summed E-state index contributed by atoms with van der Waals surface area (Å²) in [6, 6.07) is -0.358. The van der Waals surface area contributed by atoms with Crippen molar-refractivity contribution in [3.05, 3.63) is 0 Å². The lowest BCUT2D eigenvalue weighted by Gasteiger charge is -2.22. The lowest BCUT2D eigenvalue weighted by atomic mass is 10.3. The van der Waals surface area contributed by atoms with Gasteiger partial charge < -0.3 is 15.5 Å². The molecule has 13 heavy (non-hydrogen) atoms. The number of hydrogen-bond donors (Lipinski definition) is 1. The molecule has 4 nitrogen and oxygen atoms in total. The zero-order valence-electron chi connectivity index (χ0n) is 8.49. The van der Waals surface area contributed by atoms with Crippen molar-refractivity contribution >= 4 is 5.91 Å². The van der Waals surface area contributed by atoms with Crippen molar-refractivity contribution in [3.63, 3.8) is 0 Å². The van der Waals surface area contributed by atoms with E-state index in [2.05, 4.69) is 11.9 Å². The minimum Gasteiger partial charge on any atom is -0.340 e. The first-order valence-corrected chi connectivity index (χ1v) is 4.84. The van der Waals surface area contributed by atoms with Crippen molar-refractivity contribution in [2.24, 2.45) is 5.73 Å². The zero-order valence-corrected chi connectivity index (χ0v) is 8.49. The third kappa shape index (κ3) is 2.97. The summed E-state index contributed by atoms with van der Waals surface area (Å²) in [5.41, 5.74) is 5.55. The first kappa shape index (κ1) is 10.5. The highest BCUT2D eigenvalue weighted by molar-refractivity contribution is 5.81. The summed E-state index contributed by atoms with van der Waals surface area (Å²) in [5.74, 6) is 0.0790. The fourth-order valence-electron chi connectivity index (χ4n) is 1.55. The van der Waals surface area contributed by atoms with Gasteiger partial charge in [0, 0.05) is 19.6 Å². The number of amides is 1. The molecular weight excluding hydrogens is 166 g/mol. The van der Waals surface area contributed by atoms with Crippen molar-refractivity contribution in [3.8, 4) is 0 Å². The van der Waals surface area contributed by atoms with Gasteiger partial charge in [0.15, 0.2) is 0 Å². The molecule has 0 aromatic heterocycles. The Kier molecular flexibility index (Phi) is 3.69. The van der Waals surface area contributed by atoms with E-state index in [9.17, 15) is 4.79 Å². The molecule has 1 aliphatic rings. The normalized spacial score (nSPS) is 22.5.